The van der Waals surface area contributed by atoms with E-state index in [0.29, 0.717) is 16.7 Å². The molecular weight excluding hydrogens is 314 g/mol. The number of guanidine groups is 2. The van der Waals surface area contributed by atoms with Crippen LogP contribution in [0.15, 0.2) is 58.5 Å². The van der Waals surface area contributed by atoms with Crippen molar-refractivity contribution in [1.29, 1.82) is 0 Å². The molecule has 0 aliphatic carbocycles. The first-order valence-corrected chi connectivity index (χ1v) is 7.37. The smallest absolute Gasteiger partial charge is 0.205 e. The summed E-state index contributed by atoms with van der Waals surface area (Å²) in [6.07, 6.45) is -0.425. The van der Waals surface area contributed by atoms with Crippen molar-refractivity contribution >= 4 is 29.2 Å². The van der Waals surface area contributed by atoms with E-state index in [1.165, 1.54) is 0 Å². The van der Waals surface area contributed by atoms with E-state index >= 15 is 0 Å². The number of hydrogen-bond donors (Lipinski definition) is 3. The lowest BCUT2D eigenvalue weighted by atomic mass is 10.2. The SMILES string of the molecule is COc1ccccc1NC1=N[C@@H](c2ccc(Cl)cc2)N=C(N)N1. The molecule has 0 saturated heterocycles. The minimum absolute atomic E-state index is 0.289. The van der Waals surface area contributed by atoms with Gasteiger partial charge in [0.25, 0.3) is 0 Å². The zero-order valence-corrected chi connectivity index (χ0v) is 13.2. The second-order valence-corrected chi connectivity index (χ2v) is 5.30. The molecule has 1 aliphatic heterocycles. The molecule has 1 atom stereocenters. The minimum atomic E-state index is -0.425. The van der Waals surface area contributed by atoms with Gasteiger partial charge in [-0.05, 0) is 29.8 Å². The molecule has 0 saturated carbocycles. The predicted molar refractivity (Wildman–Crippen MR) is 93.0 cm³/mol. The number of aliphatic imine (C=N–C) groups is 2. The van der Waals surface area contributed by atoms with Crippen molar-refractivity contribution in [2.24, 2.45) is 15.7 Å². The van der Waals surface area contributed by atoms with Crippen LogP contribution in [-0.2, 0) is 0 Å². The summed E-state index contributed by atoms with van der Waals surface area (Å²) in [6, 6.07) is 14.9. The third-order valence-electron chi connectivity index (χ3n) is 3.29. The fourth-order valence-corrected chi connectivity index (χ4v) is 2.32. The average Bonchev–Trinajstić information content (AvgIpc) is 2.55. The van der Waals surface area contributed by atoms with Gasteiger partial charge in [-0.2, -0.15) is 0 Å². The van der Waals surface area contributed by atoms with Crippen molar-refractivity contribution in [1.82, 2.24) is 5.32 Å². The first kappa shape index (κ1) is 15.2. The summed E-state index contributed by atoms with van der Waals surface area (Å²) >= 11 is 5.91. The highest BCUT2D eigenvalue weighted by molar-refractivity contribution is 6.30. The van der Waals surface area contributed by atoms with Gasteiger partial charge in [0.05, 0.1) is 12.8 Å². The molecule has 0 fully saturated rings. The first-order chi connectivity index (χ1) is 11.2. The van der Waals surface area contributed by atoms with Crippen LogP contribution in [0, 0.1) is 0 Å². The van der Waals surface area contributed by atoms with Gasteiger partial charge in [0.2, 0.25) is 5.96 Å². The number of halogens is 1. The number of nitrogens with one attached hydrogen (secondary N) is 2. The minimum Gasteiger partial charge on any atom is -0.495 e. The molecule has 0 bridgehead atoms. The molecule has 2 aromatic carbocycles. The molecule has 7 heteroatoms. The Morgan fingerprint density at radius 3 is 2.61 bits per heavy atom. The van der Waals surface area contributed by atoms with E-state index in [4.69, 9.17) is 22.1 Å². The molecule has 1 aliphatic rings. The molecule has 0 amide bonds. The van der Waals surface area contributed by atoms with Gasteiger partial charge in [0, 0.05) is 5.02 Å². The summed E-state index contributed by atoms with van der Waals surface area (Å²) in [5.41, 5.74) is 7.55. The zero-order valence-electron chi connectivity index (χ0n) is 12.5. The number of hydrogen-bond acceptors (Lipinski definition) is 6. The summed E-state index contributed by atoms with van der Waals surface area (Å²) in [7, 11) is 1.61. The Kier molecular flexibility index (Phi) is 4.34. The third kappa shape index (κ3) is 3.54. The first-order valence-electron chi connectivity index (χ1n) is 6.99. The van der Waals surface area contributed by atoms with E-state index < -0.39 is 6.17 Å². The molecular formula is C16H16ClN5O. The molecule has 118 valence electrons. The number of benzene rings is 2. The Balaban J connectivity index is 1.86. The average molecular weight is 330 g/mol. The lowest BCUT2D eigenvalue weighted by Gasteiger charge is -2.21. The molecule has 0 spiro atoms. The fraction of sp³-hybridized carbons (Fsp3) is 0.125. The molecule has 4 N–H and O–H groups in total. The van der Waals surface area contributed by atoms with Crippen molar-refractivity contribution in [2.75, 3.05) is 12.4 Å². The maximum absolute atomic E-state index is 5.91. The van der Waals surface area contributed by atoms with E-state index in [9.17, 15) is 0 Å². The Bertz CT molecular complexity index is 757. The van der Waals surface area contributed by atoms with E-state index in [2.05, 4.69) is 20.6 Å². The van der Waals surface area contributed by atoms with E-state index in [1.54, 1.807) is 19.2 Å². The maximum atomic E-state index is 5.91. The van der Waals surface area contributed by atoms with E-state index in [-0.39, 0.29) is 5.96 Å². The number of para-hydroxylation sites is 2. The van der Waals surface area contributed by atoms with Crippen molar-refractivity contribution < 1.29 is 4.74 Å². The number of rotatable bonds is 3. The second kappa shape index (κ2) is 6.58. The molecule has 0 radical (unpaired) electrons. The number of ether oxygens (including phenoxy) is 1. The van der Waals surface area contributed by atoms with Crippen LogP contribution < -0.4 is 21.1 Å². The van der Waals surface area contributed by atoms with Gasteiger partial charge in [0.1, 0.15) is 5.75 Å². The van der Waals surface area contributed by atoms with Gasteiger partial charge in [0.15, 0.2) is 12.1 Å². The van der Waals surface area contributed by atoms with Gasteiger partial charge in [-0.3, -0.25) is 5.32 Å². The van der Waals surface area contributed by atoms with Crippen LogP contribution in [0.5, 0.6) is 5.75 Å². The summed E-state index contributed by atoms with van der Waals surface area (Å²) in [5.74, 6) is 1.50. The lowest BCUT2D eigenvalue weighted by molar-refractivity contribution is 0.417. The van der Waals surface area contributed by atoms with Crippen LogP contribution in [0.3, 0.4) is 0 Å². The van der Waals surface area contributed by atoms with Gasteiger partial charge >= 0.3 is 0 Å². The second-order valence-electron chi connectivity index (χ2n) is 4.87. The van der Waals surface area contributed by atoms with Crippen LogP contribution >= 0.6 is 11.6 Å². The summed E-state index contributed by atoms with van der Waals surface area (Å²) in [5, 5.41) is 6.74. The van der Waals surface area contributed by atoms with Crippen molar-refractivity contribution in [3.8, 4) is 5.75 Å². The van der Waals surface area contributed by atoms with Crippen molar-refractivity contribution in [3.05, 3.63) is 59.1 Å². The Morgan fingerprint density at radius 2 is 1.87 bits per heavy atom. The molecule has 0 aromatic heterocycles. The summed E-state index contributed by atoms with van der Waals surface area (Å²) < 4.78 is 5.32. The van der Waals surface area contributed by atoms with Crippen LogP contribution in [0.1, 0.15) is 11.7 Å². The largest absolute Gasteiger partial charge is 0.495 e. The molecule has 0 unspecified atom stereocenters. The van der Waals surface area contributed by atoms with Crippen LogP contribution in [0.2, 0.25) is 5.02 Å². The summed E-state index contributed by atoms with van der Waals surface area (Å²) in [4.78, 5) is 8.83. The Hall–Kier alpha value is -2.73. The molecule has 1 heterocycles. The normalized spacial score (nSPS) is 16.9. The highest BCUT2D eigenvalue weighted by Crippen LogP contribution is 2.25. The monoisotopic (exact) mass is 329 g/mol. The maximum Gasteiger partial charge on any atom is 0.205 e. The van der Waals surface area contributed by atoms with Crippen molar-refractivity contribution in [3.63, 3.8) is 0 Å². The van der Waals surface area contributed by atoms with Crippen LogP contribution in [-0.4, -0.2) is 19.0 Å². The van der Waals surface area contributed by atoms with Gasteiger partial charge in [-0.1, -0.05) is 35.9 Å². The van der Waals surface area contributed by atoms with Gasteiger partial charge in [-0.25, -0.2) is 9.98 Å². The van der Waals surface area contributed by atoms with E-state index in [0.717, 1.165) is 11.3 Å². The zero-order chi connectivity index (χ0) is 16.2. The topological polar surface area (TPSA) is 84.0 Å². The third-order valence-corrected chi connectivity index (χ3v) is 3.54. The number of methoxy groups -OCH3 is 1. The van der Waals surface area contributed by atoms with Crippen molar-refractivity contribution in [2.45, 2.75) is 6.17 Å². The van der Waals surface area contributed by atoms with E-state index in [1.807, 2.05) is 36.4 Å². The molecule has 2 aromatic rings. The van der Waals surface area contributed by atoms with Crippen LogP contribution in [0.25, 0.3) is 0 Å². The number of anilines is 1. The molecule has 23 heavy (non-hydrogen) atoms. The highest BCUT2D eigenvalue weighted by atomic mass is 35.5. The lowest BCUT2D eigenvalue weighted by Crippen LogP contribution is -2.43. The molecule has 6 nitrogen and oxygen atoms in total. The standard InChI is InChI=1S/C16H16ClN5O/c1-23-13-5-3-2-4-12(13)19-16-21-14(20-15(18)22-16)10-6-8-11(17)9-7-10/h2-9,14H,1H3,(H4,18,19,20,21,22)/t14-/m0/s1. The predicted octanol–water partition coefficient (Wildman–Crippen LogP) is 2.73. The van der Waals surface area contributed by atoms with Gasteiger partial charge < -0.3 is 15.8 Å². The number of nitrogens with two attached hydrogens (primary N) is 1. The summed E-state index contributed by atoms with van der Waals surface area (Å²) in [6.45, 7) is 0. The van der Waals surface area contributed by atoms with Gasteiger partial charge in [-0.15, -0.1) is 0 Å². The van der Waals surface area contributed by atoms with Crippen LogP contribution in [0.4, 0.5) is 5.69 Å². The highest BCUT2D eigenvalue weighted by Gasteiger charge is 2.17. The fourth-order valence-electron chi connectivity index (χ4n) is 2.19. The number of nitrogens with zero attached hydrogens (tertiary/aromatic N) is 2. The Morgan fingerprint density at radius 1 is 1.13 bits per heavy atom. The Labute approximate surface area is 139 Å². The molecule has 3 rings (SSSR count). The quantitative estimate of drug-likeness (QED) is 0.808.